The number of anilines is 1. The number of benzene rings is 1. The van der Waals surface area contributed by atoms with Crippen molar-refractivity contribution in [3.05, 3.63) is 35.2 Å². The number of nitrogens with zero attached hydrogens (tertiary/aromatic N) is 1. The molecule has 6 nitrogen and oxygen atoms in total. The molecule has 2 aromatic rings. The van der Waals surface area contributed by atoms with Gasteiger partial charge < -0.3 is 24.1 Å². The van der Waals surface area contributed by atoms with Gasteiger partial charge in [0.2, 0.25) is 5.75 Å². The Morgan fingerprint density at radius 3 is 1.96 bits per heavy atom. The number of methoxy groups -OCH3 is 3. The minimum atomic E-state index is -0.0726. The summed E-state index contributed by atoms with van der Waals surface area (Å²) in [6.07, 6.45) is 0. The molecule has 1 N–H and O–H groups in total. The van der Waals surface area contributed by atoms with Crippen LogP contribution < -0.4 is 19.5 Å². The zero-order valence-electron chi connectivity index (χ0n) is 17.5. The summed E-state index contributed by atoms with van der Waals surface area (Å²) < 4.78 is 18.2. The molecule has 0 aliphatic carbocycles. The molecule has 1 aromatic carbocycles. The van der Waals surface area contributed by atoms with Crippen LogP contribution in [0.25, 0.3) is 0 Å². The standard InChI is InChI=1S/C21H30N2O4/c1-13-9-16(14(2)23(13)21(3,4)5)17(24)12-22-15-10-18(25-6)20(27-8)19(11-15)26-7/h9-11,22H,12H2,1-8H3. The maximum atomic E-state index is 12.8. The quantitative estimate of drug-likeness (QED) is 0.737. The molecule has 2 rings (SSSR count). The third-order valence-corrected chi connectivity index (χ3v) is 4.52. The fourth-order valence-electron chi connectivity index (χ4n) is 3.54. The topological polar surface area (TPSA) is 61.7 Å². The molecule has 0 amide bonds. The van der Waals surface area contributed by atoms with Crippen LogP contribution in [0, 0.1) is 13.8 Å². The second-order valence-corrected chi connectivity index (χ2v) is 7.48. The fraction of sp³-hybridized carbons (Fsp3) is 0.476. The summed E-state index contributed by atoms with van der Waals surface area (Å²) in [6.45, 7) is 10.6. The molecule has 0 saturated carbocycles. The Balaban J connectivity index is 2.24. The lowest BCUT2D eigenvalue weighted by atomic mass is 10.1. The van der Waals surface area contributed by atoms with Gasteiger partial charge in [-0.15, -0.1) is 0 Å². The summed E-state index contributed by atoms with van der Waals surface area (Å²) in [5.74, 6) is 1.63. The number of aromatic nitrogens is 1. The Bertz CT molecular complexity index is 806. The number of Topliss-reactive ketones (excluding diaryl/α,β-unsaturated/α-hetero) is 1. The van der Waals surface area contributed by atoms with E-state index in [1.807, 2.05) is 19.9 Å². The molecule has 148 valence electrons. The highest BCUT2D eigenvalue weighted by Gasteiger charge is 2.22. The summed E-state index contributed by atoms with van der Waals surface area (Å²) >= 11 is 0. The Hall–Kier alpha value is -2.63. The van der Waals surface area contributed by atoms with Gasteiger partial charge in [0.05, 0.1) is 27.9 Å². The van der Waals surface area contributed by atoms with Gasteiger partial charge in [-0.25, -0.2) is 0 Å². The average molecular weight is 374 g/mol. The third-order valence-electron chi connectivity index (χ3n) is 4.52. The number of ketones is 1. The first kappa shape index (κ1) is 20.7. The van der Waals surface area contributed by atoms with Crippen LogP contribution >= 0.6 is 0 Å². The molecular formula is C21H30N2O4. The summed E-state index contributed by atoms with van der Waals surface area (Å²) in [4.78, 5) is 12.8. The van der Waals surface area contributed by atoms with Gasteiger partial charge in [0.25, 0.3) is 0 Å². The first-order valence-corrected chi connectivity index (χ1v) is 8.90. The van der Waals surface area contributed by atoms with Crippen LogP contribution in [0.15, 0.2) is 18.2 Å². The lowest BCUT2D eigenvalue weighted by Crippen LogP contribution is -2.24. The van der Waals surface area contributed by atoms with Crippen LogP contribution in [0.2, 0.25) is 0 Å². The maximum Gasteiger partial charge on any atom is 0.203 e. The largest absolute Gasteiger partial charge is 0.493 e. The van der Waals surface area contributed by atoms with Crippen LogP contribution in [0.1, 0.15) is 42.5 Å². The Labute approximate surface area is 161 Å². The number of carbonyl (C=O) groups is 1. The Morgan fingerprint density at radius 2 is 1.56 bits per heavy atom. The van der Waals surface area contributed by atoms with E-state index in [1.165, 1.54) is 0 Å². The normalized spacial score (nSPS) is 11.3. The van der Waals surface area contributed by atoms with Gasteiger partial charge in [0.1, 0.15) is 0 Å². The third kappa shape index (κ3) is 4.21. The van der Waals surface area contributed by atoms with E-state index in [9.17, 15) is 4.79 Å². The second kappa shape index (κ2) is 7.94. The van der Waals surface area contributed by atoms with Crippen LogP contribution in [-0.2, 0) is 5.54 Å². The van der Waals surface area contributed by atoms with Gasteiger partial charge in [-0.1, -0.05) is 0 Å². The fourth-order valence-corrected chi connectivity index (χ4v) is 3.54. The molecule has 27 heavy (non-hydrogen) atoms. The van der Waals surface area contributed by atoms with E-state index < -0.39 is 0 Å². The van der Waals surface area contributed by atoms with Gasteiger partial charge in [-0.3, -0.25) is 4.79 Å². The minimum Gasteiger partial charge on any atom is -0.493 e. The molecule has 6 heteroatoms. The molecule has 1 heterocycles. The molecule has 0 aliphatic heterocycles. The molecule has 0 spiro atoms. The van der Waals surface area contributed by atoms with Crippen molar-refractivity contribution in [2.24, 2.45) is 0 Å². The van der Waals surface area contributed by atoms with Crippen LogP contribution in [-0.4, -0.2) is 38.2 Å². The maximum absolute atomic E-state index is 12.8. The van der Waals surface area contributed by atoms with Crippen molar-refractivity contribution >= 4 is 11.5 Å². The molecule has 0 atom stereocenters. The summed E-state index contributed by atoms with van der Waals surface area (Å²) in [5.41, 5.74) is 3.45. The number of rotatable bonds is 7. The zero-order chi connectivity index (χ0) is 20.4. The molecule has 0 saturated heterocycles. The highest BCUT2D eigenvalue weighted by molar-refractivity contribution is 6.00. The number of hydrogen-bond donors (Lipinski definition) is 1. The first-order valence-electron chi connectivity index (χ1n) is 8.90. The SMILES string of the molecule is COc1cc(NCC(=O)c2cc(C)n(C(C)(C)C)c2C)cc(OC)c1OC. The summed E-state index contributed by atoms with van der Waals surface area (Å²) in [5, 5.41) is 3.16. The van der Waals surface area contributed by atoms with E-state index in [2.05, 4.69) is 30.7 Å². The first-order chi connectivity index (χ1) is 12.6. The number of carbonyl (C=O) groups excluding carboxylic acids is 1. The van der Waals surface area contributed by atoms with E-state index >= 15 is 0 Å². The number of ether oxygens (including phenoxy) is 3. The van der Waals surface area contributed by atoms with Gasteiger partial charge in [-0.2, -0.15) is 0 Å². The molecule has 0 bridgehead atoms. The molecule has 0 unspecified atom stereocenters. The number of nitrogens with one attached hydrogen (secondary N) is 1. The van der Waals surface area contributed by atoms with Crippen LogP contribution in [0.3, 0.4) is 0 Å². The lowest BCUT2D eigenvalue weighted by Gasteiger charge is -2.25. The molecule has 0 radical (unpaired) electrons. The summed E-state index contributed by atoms with van der Waals surface area (Å²) in [7, 11) is 4.68. The zero-order valence-corrected chi connectivity index (χ0v) is 17.5. The van der Waals surface area contributed by atoms with E-state index in [0.717, 1.165) is 22.6 Å². The van der Waals surface area contributed by atoms with Crippen molar-refractivity contribution in [2.45, 2.75) is 40.2 Å². The van der Waals surface area contributed by atoms with Crippen molar-refractivity contribution < 1.29 is 19.0 Å². The smallest absolute Gasteiger partial charge is 0.203 e. The van der Waals surface area contributed by atoms with Crippen LogP contribution in [0.4, 0.5) is 5.69 Å². The molecule has 0 fully saturated rings. The van der Waals surface area contributed by atoms with Gasteiger partial charge in [-0.05, 0) is 40.7 Å². The monoisotopic (exact) mass is 374 g/mol. The second-order valence-electron chi connectivity index (χ2n) is 7.48. The highest BCUT2D eigenvalue weighted by Crippen LogP contribution is 2.39. The van der Waals surface area contributed by atoms with Gasteiger partial charge >= 0.3 is 0 Å². The van der Waals surface area contributed by atoms with Crippen molar-refractivity contribution in [2.75, 3.05) is 33.2 Å². The molecule has 1 aromatic heterocycles. The molecule has 0 aliphatic rings. The van der Waals surface area contributed by atoms with Crippen molar-refractivity contribution in [1.82, 2.24) is 4.57 Å². The average Bonchev–Trinajstić information content (AvgIpc) is 2.92. The van der Waals surface area contributed by atoms with Gasteiger partial charge in [0, 0.05) is 40.3 Å². The number of aryl methyl sites for hydroxylation is 1. The minimum absolute atomic E-state index is 0.0346. The Kier molecular flexibility index (Phi) is 6.08. The van der Waals surface area contributed by atoms with Crippen LogP contribution in [0.5, 0.6) is 17.2 Å². The van der Waals surface area contributed by atoms with Gasteiger partial charge in [0.15, 0.2) is 17.3 Å². The lowest BCUT2D eigenvalue weighted by molar-refractivity contribution is 0.100. The Morgan fingerprint density at radius 1 is 1.00 bits per heavy atom. The predicted molar refractivity (Wildman–Crippen MR) is 108 cm³/mol. The van der Waals surface area contributed by atoms with E-state index in [1.54, 1.807) is 33.5 Å². The summed E-state index contributed by atoms with van der Waals surface area (Å²) in [6, 6.07) is 5.53. The molecular weight excluding hydrogens is 344 g/mol. The number of hydrogen-bond acceptors (Lipinski definition) is 5. The van der Waals surface area contributed by atoms with E-state index in [-0.39, 0.29) is 17.9 Å². The van der Waals surface area contributed by atoms with Crippen molar-refractivity contribution in [1.29, 1.82) is 0 Å². The van der Waals surface area contributed by atoms with E-state index in [0.29, 0.717) is 17.2 Å². The van der Waals surface area contributed by atoms with Crippen molar-refractivity contribution in [3.8, 4) is 17.2 Å². The van der Waals surface area contributed by atoms with Crippen molar-refractivity contribution in [3.63, 3.8) is 0 Å². The highest BCUT2D eigenvalue weighted by atomic mass is 16.5. The predicted octanol–water partition coefficient (Wildman–Crippen LogP) is 4.18. The van der Waals surface area contributed by atoms with E-state index in [4.69, 9.17) is 14.2 Å².